The number of esters is 1. The summed E-state index contributed by atoms with van der Waals surface area (Å²) in [7, 11) is 2.84. The molecule has 1 saturated carbocycles. The summed E-state index contributed by atoms with van der Waals surface area (Å²) in [5, 5.41) is 0. The first-order chi connectivity index (χ1) is 6.61. The van der Waals surface area contributed by atoms with Crippen molar-refractivity contribution < 1.29 is 19.1 Å². The van der Waals surface area contributed by atoms with Crippen molar-refractivity contribution in [2.75, 3.05) is 14.2 Å². The average Bonchev–Trinajstić information content (AvgIpc) is 2.20. The van der Waals surface area contributed by atoms with Gasteiger partial charge in [-0.05, 0) is 6.42 Å². The van der Waals surface area contributed by atoms with E-state index in [9.17, 15) is 9.59 Å². The van der Waals surface area contributed by atoms with E-state index in [2.05, 4.69) is 20.7 Å². The van der Waals surface area contributed by atoms with Crippen molar-refractivity contribution in [3.8, 4) is 0 Å². The molecule has 1 fully saturated rings. The number of ether oxygens (including phenoxy) is 2. The fraction of sp³-hybridized carbons (Fsp3) is 0.778. The fourth-order valence-electron chi connectivity index (χ4n) is 1.67. The zero-order valence-electron chi connectivity index (χ0n) is 8.16. The highest BCUT2D eigenvalue weighted by Crippen LogP contribution is 2.30. The molecule has 0 saturated heterocycles. The summed E-state index contributed by atoms with van der Waals surface area (Å²) in [5.74, 6) is -0.571. The third kappa shape index (κ3) is 2.15. The lowest BCUT2D eigenvalue weighted by molar-refractivity contribution is -0.153. The number of methoxy groups -OCH3 is 2. The van der Waals surface area contributed by atoms with Crippen LogP contribution in [-0.4, -0.2) is 36.9 Å². The number of halogens is 1. The summed E-state index contributed by atoms with van der Waals surface area (Å²) in [6.45, 7) is 0. The Morgan fingerprint density at radius 1 is 1.50 bits per heavy atom. The van der Waals surface area contributed by atoms with Crippen molar-refractivity contribution in [1.82, 2.24) is 0 Å². The fourth-order valence-corrected chi connectivity index (χ4v) is 2.49. The maximum atomic E-state index is 11.4. The van der Waals surface area contributed by atoms with Gasteiger partial charge in [-0.3, -0.25) is 9.59 Å². The summed E-state index contributed by atoms with van der Waals surface area (Å²) >= 11 is 3.24. The van der Waals surface area contributed by atoms with Gasteiger partial charge in [0, 0.05) is 13.5 Å². The number of carbonyl (C=O) groups excluding carboxylic acids is 2. The Morgan fingerprint density at radius 3 is 2.64 bits per heavy atom. The predicted octanol–water partition coefficient (Wildman–Crippen LogP) is 0.917. The third-order valence-corrected chi connectivity index (χ3v) is 3.50. The van der Waals surface area contributed by atoms with E-state index in [1.165, 1.54) is 14.2 Å². The Hall–Kier alpha value is -0.420. The van der Waals surface area contributed by atoms with Crippen LogP contribution in [0.5, 0.6) is 0 Å². The van der Waals surface area contributed by atoms with Gasteiger partial charge in [-0.25, -0.2) is 0 Å². The molecule has 80 valence electrons. The van der Waals surface area contributed by atoms with Crippen LogP contribution in [0.15, 0.2) is 0 Å². The number of Topliss-reactive ketones (excluding diaryl/α,β-unsaturated/α-hetero) is 1. The number of carbonyl (C=O) groups is 2. The minimum atomic E-state index is -0.413. The van der Waals surface area contributed by atoms with E-state index in [-0.39, 0.29) is 17.7 Å². The Balaban J connectivity index is 2.76. The van der Waals surface area contributed by atoms with Gasteiger partial charge in [-0.1, -0.05) is 15.9 Å². The molecule has 1 aliphatic carbocycles. The van der Waals surface area contributed by atoms with Crippen LogP contribution in [0.25, 0.3) is 0 Å². The van der Waals surface area contributed by atoms with Crippen LogP contribution in [0.2, 0.25) is 0 Å². The van der Waals surface area contributed by atoms with Gasteiger partial charge >= 0.3 is 5.97 Å². The largest absolute Gasteiger partial charge is 0.469 e. The molecule has 1 rings (SSSR count). The number of ketones is 1. The monoisotopic (exact) mass is 264 g/mol. The Bertz CT molecular complexity index is 241. The van der Waals surface area contributed by atoms with Crippen molar-refractivity contribution in [3.63, 3.8) is 0 Å². The van der Waals surface area contributed by atoms with Gasteiger partial charge in [0.2, 0.25) is 0 Å². The van der Waals surface area contributed by atoms with Crippen molar-refractivity contribution in [3.05, 3.63) is 0 Å². The zero-order valence-corrected chi connectivity index (χ0v) is 9.74. The zero-order chi connectivity index (χ0) is 10.7. The van der Waals surface area contributed by atoms with Crippen LogP contribution < -0.4 is 0 Å². The van der Waals surface area contributed by atoms with Crippen molar-refractivity contribution in [1.29, 1.82) is 0 Å². The quantitative estimate of drug-likeness (QED) is 0.550. The summed E-state index contributed by atoms with van der Waals surface area (Å²) in [4.78, 5) is 22.3. The van der Waals surface area contributed by atoms with Gasteiger partial charge in [0.05, 0.1) is 19.1 Å². The lowest BCUT2D eigenvalue weighted by atomic mass is 9.85. The van der Waals surface area contributed by atoms with E-state index in [0.717, 1.165) is 0 Å². The maximum Gasteiger partial charge on any atom is 0.311 e. The molecule has 1 aliphatic rings. The molecule has 0 radical (unpaired) electrons. The summed E-state index contributed by atoms with van der Waals surface area (Å²) < 4.78 is 9.80. The maximum absolute atomic E-state index is 11.4. The molecule has 3 atom stereocenters. The number of alkyl halides is 1. The van der Waals surface area contributed by atoms with Gasteiger partial charge in [0.15, 0.2) is 0 Å². The molecule has 0 spiro atoms. The molecule has 0 amide bonds. The smallest absolute Gasteiger partial charge is 0.311 e. The first-order valence-corrected chi connectivity index (χ1v) is 5.30. The average molecular weight is 265 g/mol. The molecule has 0 heterocycles. The minimum Gasteiger partial charge on any atom is -0.469 e. The van der Waals surface area contributed by atoms with Crippen LogP contribution >= 0.6 is 15.9 Å². The molecule has 14 heavy (non-hydrogen) atoms. The lowest BCUT2D eigenvalue weighted by Crippen LogP contribution is -2.45. The van der Waals surface area contributed by atoms with E-state index in [1.807, 2.05) is 0 Å². The van der Waals surface area contributed by atoms with E-state index in [4.69, 9.17) is 4.74 Å². The highest BCUT2D eigenvalue weighted by molar-refractivity contribution is 9.10. The van der Waals surface area contributed by atoms with Crippen molar-refractivity contribution in [2.24, 2.45) is 5.92 Å². The van der Waals surface area contributed by atoms with E-state index in [1.54, 1.807) is 0 Å². The second kappa shape index (κ2) is 4.89. The van der Waals surface area contributed by atoms with Crippen LogP contribution in [0.3, 0.4) is 0 Å². The van der Waals surface area contributed by atoms with Crippen molar-refractivity contribution >= 4 is 27.7 Å². The van der Waals surface area contributed by atoms with E-state index < -0.39 is 10.9 Å². The number of rotatable bonds is 2. The molecule has 0 aromatic heterocycles. The molecule has 0 aromatic rings. The molecular weight excluding hydrogens is 252 g/mol. The molecular formula is C9H13BrO4. The molecule has 0 unspecified atom stereocenters. The van der Waals surface area contributed by atoms with Gasteiger partial charge in [0.25, 0.3) is 0 Å². The van der Waals surface area contributed by atoms with Gasteiger partial charge in [-0.15, -0.1) is 0 Å². The first-order valence-electron chi connectivity index (χ1n) is 4.39. The Morgan fingerprint density at radius 2 is 2.14 bits per heavy atom. The van der Waals surface area contributed by atoms with Crippen LogP contribution in [0.4, 0.5) is 0 Å². The van der Waals surface area contributed by atoms with Crippen molar-refractivity contribution in [2.45, 2.75) is 23.8 Å². The van der Waals surface area contributed by atoms with Gasteiger partial charge in [0.1, 0.15) is 10.6 Å². The van der Waals surface area contributed by atoms with Crippen LogP contribution in [0.1, 0.15) is 12.8 Å². The first kappa shape index (κ1) is 11.7. The molecule has 0 N–H and O–H groups in total. The number of hydrogen-bond donors (Lipinski definition) is 0. The number of hydrogen-bond acceptors (Lipinski definition) is 4. The van der Waals surface area contributed by atoms with Gasteiger partial charge < -0.3 is 9.47 Å². The summed E-state index contributed by atoms with van der Waals surface area (Å²) in [6, 6.07) is 0. The third-order valence-electron chi connectivity index (χ3n) is 2.47. The molecule has 0 bridgehead atoms. The SMILES string of the molecule is COC(=O)[C@H]1CCC(=O)[C@@H](Br)[C@H]1OC. The standard InChI is InChI=1S/C9H13BrO4/c1-13-8-5(9(12)14-2)3-4-6(11)7(8)10/h5,7-8H,3-4H2,1-2H3/t5-,7+,8-/m0/s1. The predicted molar refractivity (Wildman–Crippen MR) is 53.3 cm³/mol. The highest BCUT2D eigenvalue weighted by Gasteiger charge is 2.41. The molecule has 0 aliphatic heterocycles. The highest BCUT2D eigenvalue weighted by atomic mass is 79.9. The molecule has 4 nitrogen and oxygen atoms in total. The normalized spacial score (nSPS) is 32.8. The molecule has 0 aromatic carbocycles. The van der Waals surface area contributed by atoms with Crippen LogP contribution in [-0.2, 0) is 19.1 Å². The van der Waals surface area contributed by atoms with E-state index in [0.29, 0.717) is 12.8 Å². The second-order valence-corrected chi connectivity index (χ2v) is 4.22. The lowest BCUT2D eigenvalue weighted by Gasteiger charge is -2.31. The topological polar surface area (TPSA) is 52.6 Å². The minimum absolute atomic E-state index is 0.0806. The van der Waals surface area contributed by atoms with Gasteiger partial charge in [-0.2, -0.15) is 0 Å². The Kier molecular flexibility index (Phi) is 4.07. The Labute approximate surface area is 91.1 Å². The van der Waals surface area contributed by atoms with Crippen LogP contribution in [0, 0.1) is 5.92 Å². The van der Waals surface area contributed by atoms with E-state index >= 15 is 0 Å². The summed E-state index contributed by atoms with van der Waals surface area (Å²) in [5.41, 5.74) is 0. The summed E-state index contributed by atoms with van der Waals surface area (Å²) in [6.07, 6.45) is 0.491. The second-order valence-electron chi connectivity index (χ2n) is 3.24. The molecule has 5 heteroatoms.